The summed E-state index contributed by atoms with van der Waals surface area (Å²) in [5.74, 6) is 0.148. The maximum absolute atomic E-state index is 11.7. The molecular formula is C12H20N2O2S. The summed E-state index contributed by atoms with van der Waals surface area (Å²) in [5.41, 5.74) is 1.61. The van der Waals surface area contributed by atoms with Crippen molar-refractivity contribution in [2.45, 2.75) is 26.3 Å². The van der Waals surface area contributed by atoms with Crippen molar-refractivity contribution in [2.24, 2.45) is 0 Å². The molecule has 2 N–H and O–H groups in total. The van der Waals surface area contributed by atoms with Crippen LogP contribution in [0.4, 0.5) is 5.69 Å². The molecule has 0 aromatic heterocycles. The zero-order valence-electron chi connectivity index (χ0n) is 10.5. The van der Waals surface area contributed by atoms with E-state index in [1.54, 1.807) is 6.07 Å². The van der Waals surface area contributed by atoms with Gasteiger partial charge < -0.3 is 5.32 Å². The third-order valence-corrected chi connectivity index (χ3v) is 4.08. The maximum Gasteiger partial charge on any atom is 0.232 e. The van der Waals surface area contributed by atoms with Crippen LogP contribution in [0, 0.1) is 0 Å². The summed E-state index contributed by atoms with van der Waals surface area (Å²) in [6.07, 6.45) is 0.610. The Labute approximate surface area is 103 Å². The summed E-state index contributed by atoms with van der Waals surface area (Å²) in [4.78, 5) is 0. The molecule has 4 nitrogen and oxygen atoms in total. The van der Waals surface area contributed by atoms with Gasteiger partial charge in [-0.15, -0.1) is 0 Å². The number of benzene rings is 1. The zero-order chi connectivity index (χ0) is 12.9. The lowest BCUT2D eigenvalue weighted by atomic mass is 10.1. The second kappa shape index (κ2) is 6.02. The first kappa shape index (κ1) is 14.0. The van der Waals surface area contributed by atoms with Gasteiger partial charge in [0.25, 0.3) is 0 Å². The summed E-state index contributed by atoms with van der Waals surface area (Å²) in [5, 5.41) is 3.10. The zero-order valence-corrected chi connectivity index (χ0v) is 11.3. The number of nitrogens with one attached hydrogen (secondary N) is 2. The van der Waals surface area contributed by atoms with E-state index in [1.807, 2.05) is 39.1 Å². The molecule has 0 heterocycles. The Morgan fingerprint density at radius 3 is 2.53 bits per heavy atom. The van der Waals surface area contributed by atoms with Crippen molar-refractivity contribution in [3.8, 4) is 0 Å². The minimum atomic E-state index is -3.23. The van der Waals surface area contributed by atoms with Crippen LogP contribution in [0.25, 0.3) is 0 Å². The highest BCUT2D eigenvalue weighted by Gasteiger charge is 2.13. The van der Waals surface area contributed by atoms with Crippen LogP contribution in [0.2, 0.25) is 0 Å². The largest absolute Gasteiger partial charge is 0.313 e. The van der Waals surface area contributed by atoms with E-state index in [0.717, 1.165) is 5.56 Å². The van der Waals surface area contributed by atoms with Gasteiger partial charge in [0.05, 0.1) is 11.4 Å². The molecule has 0 saturated heterocycles. The van der Waals surface area contributed by atoms with E-state index in [4.69, 9.17) is 0 Å². The van der Waals surface area contributed by atoms with Gasteiger partial charge in [-0.05, 0) is 32.0 Å². The van der Waals surface area contributed by atoms with Crippen LogP contribution in [0.5, 0.6) is 0 Å². The van der Waals surface area contributed by atoms with Crippen LogP contribution in [0.3, 0.4) is 0 Å². The molecule has 0 aliphatic carbocycles. The summed E-state index contributed by atoms with van der Waals surface area (Å²) < 4.78 is 26.1. The van der Waals surface area contributed by atoms with Gasteiger partial charge in [0.15, 0.2) is 0 Å². The Hall–Kier alpha value is -1.07. The second-order valence-corrected chi connectivity index (χ2v) is 5.86. The third kappa shape index (κ3) is 4.02. The highest BCUT2D eigenvalue weighted by molar-refractivity contribution is 7.92. The molecule has 0 amide bonds. The molecule has 96 valence electrons. The normalized spacial score (nSPS) is 13.4. The van der Waals surface area contributed by atoms with Gasteiger partial charge in [-0.3, -0.25) is 4.72 Å². The average molecular weight is 256 g/mol. The predicted molar refractivity (Wildman–Crippen MR) is 71.6 cm³/mol. The molecule has 0 saturated carbocycles. The predicted octanol–water partition coefficient (Wildman–Crippen LogP) is 2.12. The minimum Gasteiger partial charge on any atom is -0.313 e. The van der Waals surface area contributed by atoms with Crippen LogP contribution >= 0.6 is 0 Å². The van der Waals surface area contributed by atoms with E-state index >= 15 is 0 Å². The summed E-state index contributed by atoms with van der Waals surface area (Å²) in [7, 11) is -1.38. The first-order valence-electron chi connectivity index (χ1n) is 5.77. The molecule has 1 rings (SSSR count). The van der Waals surface area contributed by atoms with E-state index < -0.39 is 10.0 Å². The van der Waals surface area contributed by atoms with Gasteiger partial charge >= 0.3 is 0 Å². The lowest BCUT2D eigenvalue weighted by Crippen LogP contribution is -2.20. The number of hydrogen-bond donors (Lipinski definition) is 2. The molecule has 0 fully saturated rings. The highest BCUT2D eigenvalue weighted by Crippen LogP contribution is 2.23. The second-order valence-electron chi connectivity index (χ2n) is 4.02. The Morgan fingerprint density at radius 2 is 1.94 bits per heavy atom. The van der Waals surface area contributed by atoms with Crippen LogP contribution in [0.15, 0.2) is 24.3 Å². The van der Waals surface area contributed by atoms with Crippen molar-refractivity contribution in [1.82, 2.24) is 5.32 Å². The average Bonchev–Trinajstić information content (AvgIpc) is 2.28. The number of anilines is 1. The molecule has 0 unspecified atom stereocenters. The quantitative estimate of drug-likeness (QED) is 0.819. The third-order valence-electron chi connectivity index (χ3n) is 2.60. The highest BCUT2D eigenvalue weighted by atomic mass is 32.2. The maximum atomic E-state index is 11.7. The molecule has 1 aromatic carbocycles. The minimum absolute atomic E-state index is 0.107. The van der Waals surface area contributed by atoms with Crippen LogP contribution in [-0.4, -0.2) is 21.2 Å². The SMILES string of the molecule is CCCS(=O)(=O)Nc1ccccc1[C@H](C)NC. The summed E-state index contributed by atoms with van der Waals surface area (Å²) >= 11 is 0. The number of para-hydroxylation sites is 1. The Kier molecular flexibility index (Phi) is 4.96. The van der Waals surface area contributed by atoms with Crippen molar-refractivity contribution in [1.29, 1.82) is 0 Å². The Bertz CT molecular complexity index is 457. The monoisotopic (exact) mass is 256 g/mol. The van der Waals surface area contributed by atoms with Gasteiger partial charge in [-0.25, -0.2) is 8.42 Å². The molecule has 0 aliphatic rings. The van der Waals surface area contributed by atoms with Crippen molar-refractivity contribution in [3.05, 3.63) is 29.8 Å². The van der Waals surface area contributed by atoms with Gasteiger partial charge in [0, 0.05) is 6.04 Å². The van der Waals surface area contributed by atoms with Crippen molar-refractivity contribution >= 4 is 15.7 Å². The number of rotatable bonds is 6. The Morgan fingerprint density at radius 1 is 1.29 bits per heavy atom. The number of hydrogen-bond acceptors (Lipinski definition) is 3. The fraction of sp³-hybridized carbons (Fsp3) is 0.500. The summed E-state index contributed by atoms with van der Waals surface area (Å²) in [6, 6.07) is 7.55. The van der Waals surface area contributed by atoms with Crippen LogP contribution in [-0.2, 0) is 10.0 Å². The number of sulfonamides is 1. The van der Waals surface area contributed by atoms with Gasteiger partial charge in [-0.1, -0.05) is 25.1 Å². The van der Waals surface area contributed by atoms with Crippen molar-refractivity contribution in [3.63, 3.8) is 0 Å². The van der Waals surface area contributed by atoms with E-state index in [-0.39, 0.29) is 11.8 Å². The van der Waals surface area contributed by atoms with E-state index in [0.29, 0.717) is 12.1 Å². The van der Waals surface area contributed by atoms with E-state index in [9.17, 15) is 8.42 Å². The lowest BCUT2D eigenvalue weighted by molar-refractivity contribution is 0.599. The molecule has 1 aromatic rings. The van der Waals surface area contributed by atoms with E-state index in [2.05, 4.69) is 10.0 Å². The van der Waals surface area contributed by atoms with Gasteiger partial charge in [0.1, 0.15) is 0 Å². The first-order chi connectivity index (χ1) is 8.00. The van der Waals surface area contributed by atoms with Crippen LogP contribution in [0.1, 0.15) is 31.9 Å². The molecule has 0 aliphatic heterocycles. The van der Waals surface area contributed by atoms with Crippen molar-refractivity contribution in [2.75, 3.05) is 17.5 Å². The summed E-state index contributed by atoms with van der Waals surface area (Å²) in [6.45, 7) is 3.84. The topological polar surface area (TPSA) is 58.2 Å². The Balaban J connectivity index is 2.99. The fourth-order valence-electron chi connectivity index (χ4n) is 1.61. The lowest BCUT2D eigenvalue weighted by Gasteiger charge is -2.16. The fourth-order valence-corrected chi connectivity index (χ4v) is 2.77. The first-order valence-corrected chi connectivity index (χ1v) is 7.42. The molecular weight excluding hydrogens is 236 g/mol. The molecule has 0 spiro atoms. The van der Waals surface area contributed by atoms with Gasteiger partial charge in [0.2, 0.25) is 10.0 Å². The van der Waals surface area contributed by atoms with Crippen LogP contribution < -0.4 is 10.0 Å². The molecule has 0 bridgehead atoms. The smallest absolute Gasteiger partial charge is 0.232 e. The molecule has 0 radical (unpaired) electrons. The van der Waals surface area contributed by atoms with Crippen molar-refractivity contribution < 1.29 is 8.42 Å². The molecule has 17 heavy (non-hydrogen) atoms. The van der Waals surface area contributed by atoms with Gasteiger partial charge in [-0.2, -0.15) is 0 Å². The standard InChI is InChI=1S/C12H20N2O2S/c1-4-9-17(15,16)14-12-8-6-5-7-11(12)10(2)13-3/h5-8,10,13-14H,4,9H2,1-3H3/t10-/m0/s1. The molecule has 5 heteroatoms. The van der Waals surface area contributed by atoms with E-state index in [1.165, 1.54) is 0 Å². The molecule has 1 atom stereocenters.